The molecule has 1 N–H and O–H groups in total. The number of fused-ring (bicyclic) bond motifs is 1. The van der Waals surface area contributed by atoms with Gasteiger partial charge in [0.2, 0.25) is 11.7 Å². The van der Waals surface area contributed by atoms with Crippen molar-refractivity contribution >= 4 is 12.1 Å². The quantitative estimate of drug-likeness (QED) is 0.554. The number of carbonyl (C=O) groups excluding carboxylic acids is 1. The van der Waals surface area contributed by atoms with Gasteiger partial charge in [-0.25, -0.2) is 0 Å². The number of carbonyl (C=O) groups is 1. The Morgan fingerprint density at radius 1 is 1.39 bits per heavy atom. The largest absolute Gasteiger partial charge is 0.490 e. The molecule has 0 aliphatic heterocycles. The molecule has 0 radical (unpaired) electrons. The standard InChI is InChI=1S/C25H25N5O3/c1-15(2)32-22-10-8-16(11-18(22)12-26)25-29-24(30-33-25)21-6-4-5-19-17(7-9-20(19)21)13-28-14-23(31)27-3/h4-6,8,10-11,13,15,17H,7,9,14H2,1-3H3,(H,27,31). The zero-order valence-electron chi connectivity index (χ0n) is 18.8. The van der Waals surface area contributed by atoms with Crippen molar-refractivity contribution in [1.82, 2.24) is 15.5 Å². The van der Waals surface area contributed by atoms with E-state index in [4.69, 9.17) is 9.26 Å². The second kappa shape index (κ2) is 9.65. The number of rotatable bonds is 7. The molecule has 2 aromatic carbocycles. The molecule has 0 bridgehead atoms. The van der Waals surface area contributed by atoms with Gasteiger partial charge in [0.1, 0.15) is 18.4 Å². The van der Waals surface area contributed by atoms with Crippen molar-refractivity contribution in [1.29, 1.82) is 5.26 Å². The van der Waals surface area contributed by atoms with Crippen molar-refractivity contribution in [2.45, 2.75) is 38.7 Å². The number of hydrogen-bond donors (Lipinski definition) is 1. The molecule has 8 heteroatoms. The Hall–Kier alpha value is -3.99. The van der Waals surface area contributed by atoms with Crippen LogP contribution in [0.25, 0.3) is 22.8 Å². The molecule has 3 aromatic rings. The lowest BCUT2D eigenvalue weighted by molar-refractivity contribution is -0.119. The first-order chi connectivity index (χ1) is 16.0. The average molecular weight is 444 g/mol. The zero-order chi connectivity index (χ0) is 23.4. The maximum Gasteiger partial charge on any atom is 0.258 e. The van der Waals surface area contributed by atoms with Gasteiger partial charge in [-0.05, 0) is 56.0 Å². The van der Waals surface area contributed by atoms with E-state index in [2.05, 4.69) is 32.6 Å². The molecule has 8 nitrogen and oxygen atoms in total. The molecule has 168 valence electrons. The fraction of sp³-hybridized carbons (Fsp3) is 0.320. The molecule has 1 heterocycles. The van der Waals surface area contributed by atoms with Crippen LogP contribution in [-0.4, -0.2) is 42.0 Å². The second-order valence-electron chi connectivity index (χ2n) is 8.09. The van der Waals surface area contributed by atoms with Crippen molar-refractivity contribution < 1.29 is 14.1 Å². The Bertz CT molecular complexity index is 1240. The number of benzene rings is 2. The van der Waals surface area contributed by atoms with Gasteiger partial charge in [0.25, 0.3) is 5.89 Å². The third-order valence-corrected chi connectivity index (χ3v) is 5.49. The van der Waals surface area contributed by atoms with Crippen LogP contribution in [0, 0.1) is 11.3 Å². The smallest absolute Gasteiger partial charge is 0.258 e. The fourth-order valence-electron chi connectivity index (χ4n) is 3.95. The van der Waals surface area contributed by atoms with Crippen molar-refractivity contribution in [3.8, 4) is 34.7 Å². The van der Waals surface area contributed by atoms with Crippen molar-refractivity contribution in [2.75, 3.05) is 13.6 Å². The van der Waals surface area contributed by atoms with E-state index in [0.29, 0.717) is 28.6 Å². The highest BCUT2D eigenvalue weighted by atomic mass is 16.5. The number of nitrogens with one attached hydrogen (secondary N) is 1. The molecule has 1 amide bonds. The van der Waals surface area contributed by atoms with E-state index in [0.717, 1.165) is 18.4 Å². The molecule has 33 heavy (non-hydrogen) atoms. The normalized spacial score (nSPS) is 14.9. The van der Waals surface area contributed by atoms with Crippen LogP contribution in [0.15, 0.2) is 45.9 Å². The number of aromatic nitrogens is 2. The number of likely N-dealkylation sites (N-methyl/N-ethyl adjacent to an activating group) is 1. The Morgan fingerprint density at radius 3 is 3.00 bits per heavy atom. The first kappa shape index (κ1) is 22.2. The lowest BCUT2D eigenvalue weighted by atomic mass is 9.99. The topological polar surface area (TPSA) is 113 Å². The molecule has 1 aliphatic carbocycles. The van der Waals surface area contributed by atoms with Crippen LogP contribution in [0.5, 0.6) is 5.75 Å². The maximum atomic E-state index is 11.4. The predicted octanol–water partition coefficient (Wildman–Crippen LogP) is 3.91. The Morgan fingerprint density at radius 2 is 2.24 bits per heavy atom. The van der Waals surface area contributed by atoms with E-state index in [9.17, 15) is 10.1 Å². The van der Waals surface area contributed by atoms with Crippen molar-refractivity contribution in [3.63, 3.8) is 0 Å². The summed E-state index contributed by atoms with van der Waals surface area (Å²) in [5.74, 6) is 1.42. The molecule has 0 saturated carbocycles. The van der Waals surface area contributed by atoms with E-state index >= 15 is 0 Å². The molecule has 1 unspecified atom stereocenters. The summed E-state index contributed by atoms with van der Waals surface area (Å²) in [5, 5.41) is 16.3. The summed E-state index contributed by atoms with van der Waals surface area (Å²) in [6, 6.07) is 13.5. The summed E-state index contributed by atoms with van der Waals surface area (Å²) in [6.07, 6.45) is 3.61. The van der Waals surface area contributed by atoms with Gasteiger partial charge in [0.05, 0.1) is 11.7 Å². The highest BCUT2D eigenvalue weighted by Crippen LogP contribution is 2.38. The van der Waals surface area contributed by atoms with Crippen LogP contribution in [0.1, 0.15) is 42.9 Å². The number of nitrogens with zero attached hydrogens (tertiary/aromatic N) is 4. The Balaban J connectivity index is 1.59. The van der Waals surface area contributed by atoms with Crippen LogP contribution < -0.4 is 10.1 Å². The van der Waals surface area contributed by atoms with Crippen LogP contribution in [0.4, 0.5) is 0 Å². The Kier molecular flexibility index (Phi) is 6.50. The van der Waals surface area contributed by atoms with Crippen LogP contribution in [0.2, 0.25) is 0 Å². The summed E-state index contributed by atoms with van der Waals surface area (Å²) >= 11 is 0. The Labute approximate surface area is 192 Å². The van der Waals surface area contributed by atoms with Gasteiger partial charge >= 0.3 is 0 Å². The summed E-state index contributed by atoms with van der Waals surface area (Å²) in [7, 11) is 1.60. The number of ether oxygens (including phenoxy) is 1. The predicted molar refractivity (Wildman–Crippen MR) is 124 cm³/mol. The molecule has 4 rings (SSSR count). The first-order valence-electron chi connectivity index (χ1n) is 10.9. The fourth-order valence-corrected chi connectivity index (χ4v) is 3.95. The van der Waals surface area contributed by atoms with Gasteiger partial charge in [0, 0.05) is 30.3 Å². The maximum absolute atomic E-state index is 11.4. The molecule has 1 aliphatic rings. The number of aliphatic imine (C=N–C) groups is 1. The van der Waals surface area contributed by atoms with E-state index in [-0.39, 0.29) is 24.5 Å². The molecule has 1 aromatic heterocycles. The lowest BCUT2D eigenvalue weighted by Gasteiger charge is -2.11. The van der Waals surface area contributed by atoms with E-state index in [1.54, 1.807) is 19.2 Å². The van der Waals surface area contributed by atoms with Gasteiger partial charge in [-0.2, -0.15) is 10.2 Å². The highest BCUT2D eigenvalue weighted by Gasteiger charge is 2.25. The molecule has 0 spiro atoms. The second-order valence-corrected chi connectivity index (χ2v) is 8.09. The number of nitriles is 1. The molecule has 0 saturated heterocycles. The number of amides is 1. The molecule has 1 atom stereocenters. The van der Waals surface area contributed by atoms with Crippen molar-refractivity contribution in [3.05, 3.63) is 53.1 Å². The summed E-state index contributed by atoms with van der Waals surface area (Å²) in [5.41, 5.74) is 4.33. The summed E-state index contributed by atoms with van der Waals surface area (Å²) in [4.78, 5) is 20.3. The number of hydrogen-bond acceptors (Lipinski definition) is 7. The summed E-state index contributed by atoms with van der Waals surface area (Å²) in [6.45, 7) is 3.95. The van der Waals surface area contributed by atoms with E-state index in [1.165, 1.54) is 11.1 Å². The molecule has 0 fully saturated rings. The zero-order valence-corrected chi connectivity index (χ0v) is 18.8. The molecular weight excluding hydrogens is 418 g/mol. The van der Waals surface area contributed by atoms with E-state index in [1.807, 2.05) is 38.3 Å². The van der Waals surface area contributed by atoms with Crippen LogP contribution in [-0.2, 0) is 11.2 Å². The third-order valence-electron chi connectivity index (χ3n) is 5.49. The minimum Gasteiger partial charge on any atom is -0.490 e. The minimum atomic E-state index is -0.110. The molecular formula is C25H25N5O3. The lowest BCUT2D eigenvalue weighted by Crippen LogP contribution is -2.20. The highest BCUT2D eigenvalue weighted by molar-refractivity contribution is 5.81. The first-order valence-corrected chi connectivity index (χ1v) is 10.9. The van der Waals surface area contributed by atoms with Gasteiger partial charge in [0.15, 0.2) is 0 Å². The van der Waals surface area contributed by atoms with Gasteiger partial charge in [-0.1, -0.05) is 23.4 Å². The van der Waals surface area contributed by atoms with Crippen LogP contribution in [0.3, 0.4) is 0 Å². The average Bonchev–Trinajstić information content (AvgIpc) is 3.46. The van der Waals surface area contributed by atoms with Crippen molar-refractivity contribution in [2.24, 2.45) is 4.99 Å². The minimum absolute atomic E-state index is 0.0317. The van der Waals surface area contributed by atoms with Gasteiger partial charge in [-0.15, -0.1) is 0 Å². The SMILES string of the molecule is CNC(=O)CN=CC1CCc2c(-c3noc(-c4ccc(OC(C)C)c(C#N)c4)n3)cccc21. The van der Waals surface area contributed by atoms with Gasteiger partial charge < -0.3 is 14.6 Å². The summed E-state index contributed by atoms with van der Waals surface area (Å²) < 4.78 is 11.2. The van der Waals surface area contributed by atoms with Crippen LogP contribution >= 0.6 is 0 Å². The monoisotopic (exact) mass is 443 g/mol. The van der Waals surface area contributed by atoms with E-state index < -0.39 is 0 Å². The third kappa shape index (κ3) is 4.77. The van der Waals surface area contributed by atoms with Gasteiger partial charge in [-0.3, -0.25) is 9.79 Å².